The van der Waals surface area contributed by atoms with E-state index in [2.05, 4.69) is 9.97 Å². The van der Waals surface area contributed by atoms with Crippen LogP contribution in [0.15, 0.2) is 34.8 Å². The van der Waals surface area contributed by atoms with Crippen LogP contribution in [-0.4, -0.2) is 57.2 Å². The summed E-state index contributed by atoms with van der Waals surface area (Å²) in [5.41, 5.74) is 1.61. The van der Waals surface area contributed by atoms with Crippen LogP contribution in [0.2, 0.25) is 0 Å². The van der Waals surface area contributed by atoms with Gasteiger partial charge in [-0.05, 0) is 18.4 Å². The Morgan fingerprint density at radius 1 is 1.18 bits per heavy atom. The Morgan fingerprint density at radius 2 is 1.88 bits per heavy atom. The number of carbonyl (C=O) groups excluding carboxylic acids is 1. The first-order valence-electron chi connectivity index (χ1n) is 10.3. The van der Waals surface area contributed by atoms with Gasteiger partial charge in [-0.1, -0.05) is 26.8 Å². The van der Waals surface area contributed by atoms with Crippen LogP contribution in [0, 0.1) is 11.2 Å². The molecule has 1 aliphatic rings. The molecular formula is C23H30FN3O4S2. The molecule has 1 fully saturated rings. The molecule has 3 heterocycles. The highest BCUT2D eigenvalue weighted by molar-refractivity contribution is 7.98. The first-order valence-corrected chi connectivity index (χ1v) is 12.4. The molecule has 33 heavy (non-hydrogen) atoms. The molecule has 4 rings (SSSR count). The number of hydrogen-bond donors (Lipinski definition) is 0. The maximum absolute atomic E-state index is 14.7. The zero-order chi connectivity index (χ0) is 22.2. The number of benzene rings is 1. The van der Waals surface area contributed by atoms with Gasteiger partial charge in [-0.15, -0.1) is 23.1 Å². The van der Waals surface area contributed by atoms with Crippen LogP contribution in [0.25, 0.3) is 21.3 Å². The van der Waals surface area contributed by atoms with Crippen molar-refractivity contribution in [3.63, 3.8) is 0 Å². The molecule has 7 nitrogen and oxygen atoms in total. The molecule has 0 radical (unpaired) electrons. The molecule has 0 bridgehead atoms. The van der Waals surface area contributed by atoms with Gasteiger partial charge < -0.3 is 20.6 Å². The highest BCUT2D eigenvalue weighted by Gasteiger charge is 2.31. The van der Waals surface area contributed by atoms with Crippen LogP contribution in [0.4, 0.5) is 4.39 Å². The van der Waals surface area contributed by atoms with E-state index in [1.54, 1.807) is 12.1 Å². The average molecular weight is 496 g/mol. The van der Waals surface area contributed by atoms with Crippen LogP contribution < -0.4 is 4.74 Å². The summed E-state index contributed by atoms with van der Waals surface area (Å²) < 4.78 is 21.7. The number of likely N-dealkylation sites (tertiary alicyclic amines) is 1. The van der Waals surface area contributed by atoms with Gasteiger partial charge in [0.05, 0.1) is 5.52 Å². The first kappa shape index (κ1) is 27.0. The molecule has 4 N–H and O–H groups in total. The van der Waals surface area contributed by atoms with Gasteiger partial charge in [-0.3, -0.25) is 4.79 Å². The summed E-state index contributed by atoms with van der Waals surface area (Å²) in [4.78, 5) is 24.1. The number of fused-ring (bicyclic) bond motifs is 1. The Hall–Kier alpha value is -2.27. The minimum atomic E-state index is -0.372. The summed E-state index contributed by atoms with van der Waals surface area (Å²) in [5, 5.41) is 1.91. The lowest BCUT2D eigenvalue weighted by Gasteiger charge is -2.35. The Morgan fingerprint density at radius 3 is 2.48 bits per heavy atom. The molecule has 0 spiro atoms. The molecule has 1 amide bonds. The van der Waals surface area contributed by atoms with Gasteiger partial charge in [0.2, 0.25) is 11.8 Å². The van der Waals surface area contributed by atoms with Crippen molar-refractivity contribution in [2.75, 3.05) is 19.3 Å². The molecule has 2 aromatic heterocycles. The lowest BCUT2D eigenvalue weighted by atomic mass is 9.93. The van der Waals surface area contributed by atoms with E-state index in [1.165, 1.54) is 29.4 Å². The number of hydrogen-bond acceptors (Lipinski definition) is 6. The molecule has 0 atom stereocenters. The Balaban J connectivity index is 0.00000193. The molecule has 1 saturated heterocycles. The molecule has 0 aliphatic carbocycles. The lowest BCUT2D eigenvalue weighted by molar-refractivity contribution is -0.141. The third-order valence-electron chi connectivity index (χ3n) is 5.44. The van der Waals surface area contributed by atoms with E-state index in [1.807, 2.05) is 43.4 Å². The van der Waals surface area contributed by atoms with Crippen molar-refractivity contribution in [2.24, 2.45) is 5.41 Å². The molecule has 0 unspecified atom stereocenters. The van der Waals surface area contributed by atoms with E-state index in [4.69, 9.17) is 4.74 Å². The number of aromatic nitrogens is 2. The average Bonchev–Trinajstić information content (AvgIpc) is 3.18. The molecule has 0 saturated carbocycles. The van der Waals surface area contributed by atoms with Crippen LogP contribution in [-0.2, 0) is 4.79 Å². The molecular weight excluding hydrogens is 465 g/mol. The van der Waals surface area contributed by atoms with Crippen molar-refractivity contribution in [3.8, 4) is 17.0 Å². The van der Waals surface area contributed by atoms with Gasteiger partial charge in [0.1, 0.15) is 22.9 Å². The van der Waals surface area contributed by atoms with E-state index >= 15 is 0 Å². The van der Waals surface area contributed by atoms with Gasteiger partial charge >= 0.3 is 0 Å². The van der Waals surface area contributed by atoms with E-state index < -0.39 is 0 Å². The third kappa shape index (κ3) is 5.63. The number of piperidine rings is 1. The number of thioether (sulfide) groups is 1. The van der Waals surface area contributed by atoms with Crippen molar-refractivity contribution in [1.82, 2.24) is 14.9 Å². The number of carbonyl (C=O) groups is 1. The number of ether oxygens (including phenoxy) is 1. The second-order valence-corrected chi connectivity index (χ2v) is 10.5. The molecule has 1 aliphatic heterocycles. The second-order valence-electron chi connectivity index (χ2n) is 8.71. The number of nitrogens with zero attached hydrogens (tertiary/aromatic N) is 3. The smallest absolute Gasteiger partial charge is 0.235 e. The van der Waals surface area contributed by atoms with Gasteiger partial charge in [-0.25, -0.2) is 14.4 Å². The Labute approximate surface area is 201 Å². The number of amides is 1. The van der Waals surface area contributed by atoms with Gasteiger partial charge in [0.25, 0.3) is 0 Å². The van der Waals surface area contributed by atoms with Crippen molar-refractivity contribution in [3.05, 3.63) is 35.7 Å². The van der Waals surface area contributed by atoms with Crippen molar-refractivity contribution >= 4 is 39.2 Å². The maximum atomic E-state index is 14.7. The number of rotatable bonds is 4. The predicted octanol–water partition coefficient (Wildman–Crippen LogP) is 3.99. The summed E-state index contributed by atoms with van der Waals surface area (Å²) in [6.07, 6.45) is 4.91. The molecule has 3 aromatic rings. The van der Waals surface area contributed by atoms with E-state index in [9.17, 15) is 9.18 Å². The summed E-state index contributed by atoms with van der Waals surface area (Å²) in [6, 6.07) is 5.26. The summed E-state index contributed by atoms with van der Waals surface area (Å²) in [6.45, 7) is 7.19. The highest BCUT2D eigenvalue weighted by atomic mass is 32.2. The van der Waals surface area contributed by atoms with Crippen LogP contribution in [0.1, 0.15) is 33.6 Å². The Bertz CT molecular complexity index is 1110. The maximum Gasteiger partial charge on any atom is 0.235 e. The van der Waals surface area contributed by atoms with Crippen molar-refractivity contribution in [2.45, 2.75) is 44.6 Å². The highest BCUT2D eigenvalue weighted by Crippen LogP contribution is 2.39. The van der Waals surface area contributed by atoms with Crippen molar-refractivity contribution < 1.29 is 24.9 Å². The van der Waals surface area contributed by atoms with E-state index in [0.29, 0.717) is 30.0 Å². The predicted molar refractivity (Wildman–Crippen MR) is 132 cm³/mol. The lowest BCUT2D eigenvalue weighted by Crippen LogP contribution is -2.46. The summed E-state index contributed by atoms with van der Waals surface area (Å²) in [5.74, 6) is 0.444. The third-order valence-corrected chi connectivity index (χ3v) is 7.12. The monoisotopic (exact) mass is 495 g/mol. The minimum absolute atomic E-state index is 0. The quantitative estimate of drug-likeness (QED) is 0.507. The fourth-order valence-corrected chi connectivity index (χ4v) is 5.13. The van der Waals surface area contributed by atoms with Crippen LogP contribution >= 0.6 is 23.1 Å². The summed E-state index contributed by atoms with van der Waals surface area (Å²) in [7, 11) is 0. The fourth-order valence-electron chi connectivity index (χ4n) is 3.75. The molecule has 1 aromatic carbocycles. The first-order chi connectivity index (χ1) is 14.8. The van der Waals surface area contributed by atoms with Gasteiger partial charge in [-0.2, -0.15) is 0 Å². The SMILES string of the molecule is CSc1ccc(-c2csc3c(OC4CCN(C(=O)C(C)(C)C)CC4)ncnc23)c(F)c1.O.O. The normalized spacial score (nSPS) is 14.5. The zero-order valence-electron chi connectivity index (χ0n) is 19.1. The van der Waals surface area contributed by atoms with Crippen molar-refractivity contribution in [1.29, 1.82) is 0 Å². The fraction of sp³-hybridized carbons (Fsp3) is 0.435. The van der Waals surface area contributed by atoms with Gasteiger partial charge in [0.15, 0.2) is 0 Å². The Kier molecular flexibility index (Phi) is 8.81. The summed E-state index contributed by atoms with van der Waals surface area (Å²) >= 11 is 2.97. The minimum Gasteiger partial charge on any atom is -0.473 e. The molecule has 180 valence electrons. The topological polar surface area (TPSA) is 118 Å². The number of thiophene rings is 1. The number of halogens is 1. The largest absolute Gasteiger partial charge is 0.473 e. The van der Waals surface area contributed by atoms with Crippen LogP contribution in [0.3, 0.4) is 0 Å². The second kappa shape index (κ2) is 10.8. The van der Waals surface area contributed by atoms with Crippen LogP contribution in [0.5, 0.6) is 5.88 Å². The standard InChI is InChI=1S/C23H26FN3O2S2.2H2O/c1-23(2,3)22(28)27-9-7-14(8-10-27)29-21-20-19(25-13-26-21)17(12-31-20)16-6-5-15(30-4)11-18(16)24;;/h5-6,11-14H,7-10H2,1-4H3;2*1H2. The zero-order valence-corrected chi connectivity index (χ0v) is 20.8. The van der Waals surface area contributed by atoms with E-state index in [-0.39, 0.29) is 34.2 Å². The van der Waals surface area contributed by atoms with Gasteiger partial charge in [0, 0.05) is 52.7 Å². The molecule has 10 heteroatoms. The van der Waals surface area contributed by atoms with E-state index in [0.717, 1.165) is 28.0 Å².